The molecule has 0 aromatic carbocycles. The van der Waals surface area contributed by atoms with E-state index in [0.29, 0.717) is 37.6 Å². The minimum absolute atomic E-state index is 0.0882. The van der Waals surface area contributed by atoms with Gasteiger partial charge in [0.25, 0.3) is 0 Å². The van der Waals surface area contributed by atoms with Crippen molar-refractivity contribution in [2.45, 2.75) is 135 Å². The summed E-state index contributed by atoms with van der Waals surface area (Å²) in [5, 5.41) is 8.82. The van der Waals surface area contributed by atoms with Crippen molar-refractivity contribution in [2.75, 3.05) is 45.9 Å². The summed E-state index contributed by atoms with van der Waals surface area (Å²) >= 11 is 0. The average Bonchev–Trinajstić information content (AvgIpc) is 3.18. The lowest BCUT2D eigenvalue weighted by Gasteiger charge is -2.30. The van der Waals surface area contributed by atoms with Gasteiger partial charge in [-0.05, 0) is 159 Å². The highest BCUT2D eigenvalue weighted by Crippen LogP contribution is 2.24. The lowest BCUT2D eigenvalue weighted by atomic mass is 9.89. The Kier molecular flexibility index (Phi) is 17.1. The quantitative estimate of drug-likeness (QED) is 0.141. The number of ketones is 2. The van der Waals surface area contributed by atoms with Gasteiger partial charge in [0.2, 0.25) is 0 Å². The third-order valence-corrected chi connectivity index (χ3v) is 11.7. The predicted octanol–water partition coefficient (Wildman–Crippen LogP) is 6.56. The van der Waals surface area contributed by atoms with Crippen LogP contribution in [-0.4, -0.2) is 94.3 Å². The van der Waals surface area contributed by atoms with E-state index in [2.05, 4.69) is 36.1 Å². The zero-order valence-electron chi connectivity index (χ0n) is 32.8. The second-order valence-corrected chi connectivity index (χ2v) is 15.9. The summed E-state index contributed by atoms with van der Waals surface area (Å²) < 4.78 is 5.24. The molecule has 2 fully saturated rings. The first-order chi connectivity index (χ1) is 26.3. The number of ether oxygens (including phenoxy) is 1. The van der Waals surface area contributed by atoms with Gasteiger partial charge in [0.15, 0.2) is 0 Å². The van der Waals surface area contributed by atoms with Crippen LogP contribution in [0.2, 0.25) is 0 Å². The summed E-state index contributed by atoms with van der Waals surface area (Å²) in [4.78, 5) is 61.2. The van der Waals surface area contributed by atoms with Gasteiger partial charge in [-0.3, -0.25) is 38.9 Å². The highest BCUT2D eigenvalue weighted by atomic mass is 16.5. The molecule has 0 bridgehead atoms. The lowest BCUT2D eigenvalue weighted by Crippen LogP contribution is -2.39. The molecule has 2 saturated heterocycles. The Hall–Kier alpha value is -3.50. The van der Waals surface area contributed by atoms with Crippen molar-refractivity contribution in [2.24, 2.45) is 11.8 Å². The van der Waals surface area contributed by atoms with Crippen molar-refractivity contribution in [1.82, 2.24) is 19.8 Å². The third-order valence-electron chi connectivity index (χ3n) is 11.7. The number of carbonyl (C=O) groups is 4. The molecule has 6 rings (SSSR count). The molecule has 54 heavy (non-hydrogen) atoms. The molecule has 296 valence electrons. The van der Waals surface area contributed by atoms with Crippen molar-refractivity contribution in [3.05, 3.63) is 58.2 Å². The van der Waals surface area contributed by atoms with Crippen LogP contribution in [0.3, 0.4) is 0 Å². The minimum Gasteiger partial charge on any atom is -0.480 e. The Morgan fingerprint density at radius 1 is 0.667 bits per heavy atom. The molecule has 0 spiro atoms. The van der Waals surface area contributed by atoms with Gasteiger partial charge < -0.3 is 9.84 Å². The minimum atomic E-state index is -0.790. The Morgan fingerprint density at radius 2 is 1.13 bits per heavy atom. The van der Waals surface area contributed by atoms with Crippen molar-refractivity contribution in [1.29, 1.82) is 0 Å². The topological polar surface area (TPSA) is 130 Å². The van der Waals surface area contributed by atoms with E-state index in [1.807, 2.05) is 4.90 Å². The van der Waals surface area contributed by atoms with Gasteiger partial charge in [-0.25, -0.2) is 0 Å². The molecule has 4 aliphatic rings. The van der Waals surface area contributed by atoms with Crippen LogP contribution >= 0.6 is 0 Å². The van der Waals surface area contributed by atoms with E-state index in [0.717, 1.165) is 127 Å². The van der Waals surface area contributed by atoms with Gasteiger partial charge in [0, 0.05) is 47.5 Å². The number of carboxylic acid groups (broad SMARTS) is 1. The first kappa shape index (κ1) is 41.7. The Balaban J connectivity index is 0.000000210. The fourth-order valence-corrected chi connectivity index (χ4v) is 8.40. The average molecular weight is 745 g/mol. The second-order valence-electron chi connectivity index (χ2n) is 15.9. The number of fused-ring (bicyclic) bond motifs is 2. The molecule has 0 atom stereocenters. The molecule has 2 aliphatic heterocycles. The van der Waals surface area contributed by atoms with Crippen LogP contribution in [0.4, 0.5) is 0 Å². The molecule has 1 N–H and O–H groups in total. The van der Waals surface area contributed by atoms with Gasteiger partial charge >= 0.3 is 11.9 Å². The van der Waals surface area contributed by atoms with Crippen LogP contribution in [0.1, 0.15) is 131 Å². The summed E-state index contributed by atoms with van der Waals surface area (Å²) in [6.07, 6.45) is 19.6. The molecular formula is C44H64N4O6. The molecule has 0 amide bonds. The largest absolute Gasteiger partial charge is 0.480 e. The maximum atomic E-state index is 12.6. The van der Waals surface area contributed by atoms with Crippen LogP contribution in [0, 0.1) is 11.8 Å². The number of aliphatic carboxylic acids is 1. The summed E-state index contributed by atoms with van der Waals surface area (Å²) in [6.45, 7) is 6.10. The van der Waals surface area contributed by atoms with Gasteiger partial charge in [-0.15, -0.1) is 0 Å². The number of unbranched alkanes of at least 4 members (excludes halogenated alkanes) is 1. The molecule has 10 heteroatoms. The molecule has 0 saturated carbocycles. The summed E-state index contributed by atoms with van der Waals surface area (Å²) in [5.41, 5.74) is 7.61. The van der Waals surface area contributed by atoms with Crippen molar-refractivity contribution in [3.8, 4) is 0 Å². The zero-order valence-corrected chi connectivity index (χ0v) is 32.8. The molecule has 0 radical (unpaired) electrons. The first-order valence-corrected chi connectivity index (χ1v) is 21.1. The van der Waals surface area contributed by atoms with E-state index in [1.54, 1.807) is 0 Å². The third kappa shape index (κ3) is 13.7. The monoisotopic (exact) mass is 744 g/mol. The number of aryl methyl sites for hydroxylation is 6. The lowest BCUT2D eigenvalue weighted by molar-refractivity contribution is -0.145. The van der Waals surface area contributed by atoms with E-state index in [1.165, 1.54) is 48.2 Å². The fraction of sp³-hybridized carbons (Fsp3) is 0.682. The number of esters is 1. The molecule has 2 aromatic rings. The molecule has 0 unspecified atom stereocenters. The van der Waals surface area contributed by atoms with Gasteiger partial charge in [-0.2, -0.15) is 0 Å². The normalized spacial score (nSPS) is 18.2. The smallest absolute Gasteiger partial charge is 0.320 e. The van der Waals surface area contributed by atoms with Gasteiger partial charge in [0.05, 0.1) is 19.7 Å². The van der Waals surface area contributed by atoms with E-state index in [-0.39, 0.29) is 24.3 Å². The summed E-state index contributed by atoms with van der Waals surface area (Å²) in [5.74, 6) is 0.0598. The van der Waals surface area contributed by atoms with Crippen LogP contribution in [0.5, 0.6) is 0 Å². The van der Waals surface area contributed by atoms with E-state index in [9.17, 15) is 19.2 Å². The summed E-state index contributed by atoms with van der Waals surface area (Å²) in [7, 11) is 0. The highest BCUT2D eigenvalue weighted by Gasteiger charge is 2.27. The number of likely N-dealkylation sites (tertiary alicyclic amines) is 2. The fourth-order valence-electron chi connectivity index (χ4n) is 8.40. The SMILES string of the molecule is CCCCOC(=O)CN1CCC(C(=O)CCCc2ccc3c(n2)CCCC3)CC1.O=C(O)CN1CCC(C(=O)CCCc2ccc3c(n2)CCCC3)CC1. The molecule has 2 aromatic heterocycles. The number of nitrogens with zero attached hydrogens (tertiary/aromatic N) is 4. The number of Topliss-reactive ketones (excluding diaryl/α,β-unsaturated/α-hetero) is 2. The second kappa shape index (κ2) is 22.2. The Bertz CT molecular complexity index is 1530. The number of rotatable bonds is 17. The number of hydrogen-bond donors (Lipinski definition) is 1. The first-order valence-electron chi connectivity index (χ1n) is 21.1. The summed E-state index contributed by atoms with van der Waals surface area (Å²) in [6, 6.07) is 8.73. The number of piperidine rings is 2. The Labute approximate surface area is 322 Å². The molecule has 2 aliphatic carbocycles. The van der Waals surface area contributed by atoms with Crippen LogP contribution in [0.25, 0.3) is 0 Å². The van der Waals surface area contributed by atoms with Crippen molar-refractivity contribution < 1.29 is 29.0 Å². The molecule has 10 nitrogen and oxygen atoms in total. The standard InChI is InChI=1S/C24H36N2O3.C20H28N2O3/c1-2-3-17-29-24(28)18-26-15-13-20(14-16-26)23(27)10-6-8-21-12-11-19-7-4-5-9-22(19)25-21;23-19(16-10-12-22(13-11-16)14-20(24)25)7-3-5-17-9-8-15-4-1-2-6-18(15)21-17/h11-12,20H,2-10,13-18H2,1H3;8-9,16H,1-7,10-14H2,(H,24,25). The molecular weight excluding hydrogens is 681 g/mol. The highest BCUT2D eigenvalue weighted by molar-refractivity contribution is 5.81. The molecule has 4 heterocycles. The predicted molar refractivity (Wildman–Crippen MR) is 209 cm³/mol. The number of hydrogen-bond acceptors (Lipinski definition) is 9. The number of pyridine rings is 2. The van der Waals surface area contributed by atoms with Crippen LogP contribution in [0.15, 0.2) is 24.3 Å². The van der Waals surface area contributed by atoms with Crippen molar-refractivity contribution in [3.63, 3.8) is 0 Å². The zero-order chi connectivity index (χ0) is 38.1. The van der Waals surface area contributed by atoms with E-state index in [4.69, 9.17) is 19.8 Å². The van der Waals surface area contributed by atoms with Crippen molar-refractivity contribution >= 4 is 23.5 Å². The Morgan fingerprint density at radius 3 is 1.59 bits per heavy atom. The van der Waals surface area contributed by atoms with E-state index < -0.39 is 5.97 Å². The van der Waals surface area contributed by atoms with Crippen LogP contribution < -0.4 is 0 Å². The maximum Gasteiger partial charge on any atom is 0.320 e. The number of aromatic nitrogens is 2. The van der Waals surface area contributed by atoms with Gasteiger partial charge in [-0.1, -0.05) is 25.5 Å². The maximum absolute atomic E-state index is 12.6. The number of carbonyl (C=O) groups excluding carboxylic acids is 3. The van der Waals surface area contributed by atoms with Gasteiger partial charge in [0.1, 0.15) is 11.6 Å². The number of carboxylic acids is 1. The van der Waals surface area contributed by atoms with E-state index >= 15 is 0 Å². The van der Waals surface area contributed by atoms with Crippen LogP contribution in [-0.2, 0) is 62.4 Å².